The van der Waals surface area contributed by atoms with Crippen LogP contribution < -0.4 is 4.90 Å². The Morgan fingerprint density at radius 2 is 1.94 bits per heavy atom. The van der Waals surface area contributed by atoms with Gasteiger partial charge in [-0.15, -0.1) is 0 Å². The van der Waals surface area contributed by atoms with Gasteiger partial charge in [0.25, 0.3) is 0 Å². The molecule has 0 radical (unpaired) electrons. The number of hydrogen-bond acceptors (Lipinski definition) is 2. The fraction of sp³-hybridized carbons (Fsp3) is 0.538. The van der Waals surface area contributed by atoms with Crippen molar-refractivity contribution in [3.63, 3.8) is 0 Å². The summed E-state index contributed by atoms with van der Waals surface area (Å²) in [6.07, 6.45) is 0. The lowest BCUT2D eigenvalue weighted by molar-refractivity contribution is -0.921. The number of ether oxygens (including phenoxy) is 2. The van der Waals surface area contributed by atoms with Crippen LogP contribution in [0.1, 0.15) is 16.7 Å². The molecule has 1 saturated heterocycles. The maximum absolute atomic E-state index is 5.51. The predicted molar refractivity (Wildman–Crippen MR) is 60.2 cm³/mol. The zero-order valence-corrected chi connectivity index (χ0v) is 9.50. The SMILES string of the molecule is c1cc2c(c(C[NH+]3CCOCC3)c1)COC2. The minimum atomic E-state index is 0.793. The molecular formula is C13H18NO2+. The van der Waals surface area contributed by atoms with Crippen molar-refractivity contribution in [2.45, 2.75) is 19.8 Å². The lowest BCUT2D eigenvalue weighted by atomic mass is 10.0. The first-order chi connectivity index (χ1) is 7.93. The maximum Gasteiger partial charge on any atom is 0.103 e. The van der Waals surface area contributed by atoms with Crippen molar-refractivity contribution in [2.75, 3.05) is 26.3 Å². The highest BCUT2D eigenvalue weighted by molar-refractivity contribution is 5.35. The molecule has 2 aliphatic rings. The Hall–Kier alpha value is -0.900. The molecule has 1 fully saturated rings. The van der Waals surface area contributed by atoms with Crippen molar-refractivity contribution in [3.8, 4) is 0 Å². The quantitative estimate of drug-likeness (QED) is 0.766. The Bertz CT molecular complexity index is 372. The molecule has 1 N–H and O–H groups in total. The van der Waals surface area contributed by atoms with Crippen molar-refractivity contribution in [1.29, 1.82) is 0 Å². The molecule has 0 aromatic heterocycles. The van der Waals surface area contributed by atoms with Crippen LogP contribution in [0.15, 0.2) is 18.2 Å². The minimum Gasteiger partial charge on any atom is -0.372 e. The summed E-state index contributed by atoms with van der Waals surface area (Å²) >= 11 is 0. The Labute approximate surface area is 96.0 Å². The summed E-state index contributed by atoms with van der Waals surface area (Å²) in [6.45, 7) is 6.78. The van der Waals surface area contributed by atoms with Gasteiger partial charge >= 0.3 is 0 Å². The minimum absolute atomic E-state index is 0.793. The summed E-state index contributed by atoms with van der Waals surface area (Å²) in [6, 6.07) is 6.58. The monoisotopic (exact) mass is 220 g/mol. The van der Waals surface area contributed by atoms with E-state index in [2.05, 4.69) is 18.2 Å². The molecule has 16 heavy (non-hydrogen) atoms. The highest BCUT2D eigenvalue weighted by atomic mass is 16.5. The second kappa shape index (κ2) is 4.53. The predicted octanol–water partition coefficient (Wildman–Crippen LogP) is 0.132. The Morgan fingerprint density at radius 3 is 2.81 bits per heavy atom. The largest absolute Gasteiger partial charge is 0.372 e. The van der Waals surface area contributed by atoms with Gasteiger partial charge in [0.1, 0.15) is 19.6 Å². The summed E-state index contributed by atoms with van der Waals surface area (Å²) in [5.41, 5.74) is 4.28. The standard InChI is InChI=1S/C13H17NO2/c1-2-11(8-14-4-6-15-7-5-14)13-10-16-9-12(13)3-1/h1-3H,4-10H2/p+1. The molecular weight excluding hydrogens is 202 g/mol. The Morgan fingerprint density at radius 1 is 1.06 bits per heavy atom. The molecule has 1 aromatic rings. The van der Waals surface area contributed by atoms with Gasteiger partial charge in [-0.3, -0.25) is 0 Å². The summed E-state index contributed by atoms with van der Waals surface area (Å²) in [7, 11) is 0. The van der Waals surface area contributed by atoms with E-state index in [-0.39, 0.29) is 0 Å². The lowest BCUT2D eigenvalue weighted by Gasteiger charge is -2.24. The van der Waals surface area contributed by atoms with E-state index in [1.165, 1.54) is 16.7 Å². The van der Waals surface area contributed by atoms with Gasteiger partial charge in [0.15, 0.2) is 0 Å². The van der Waals surface area contributed by atoms with Crippen LogP contribution in [0.3, 0.4) is 0 Å². The van der Waals surface area contributed by atoms with Gasteiger partial charge in [-0.2, -0.15) is 0 Å². The Balaban J connectivity index is 1.76. The molecule has 86 valence electrons. The molecule has 0 unspecified atom stereocenters. The van der Waals surface area contributed by atoms with Crippen LogP contribution in [-0.2, 0) is 29.2 Å². The van der Waals surface area contributed by atoms with E-state index in [1.54, 1.807) is 4.90 Å². The molecule has 2 aliphatic heterocycles. The van der Waals surface area contributed by atoms with Gasteiger partial charge in [-0.1, -0.05) is 18.2 Å². The van der Waals surface area contributed by atoms with Crippen LogP contribution in [0.25, 0.3) is 0 Å². The first-order valence-corrected chi connectivity index (χ1v) is 6.02. The molecule has 0 aliphatic carbocycles. The second-order valence-corrected chi connectivity index (χ2v) is 4.59. The molecule has 0 saturated carbocycles. The molecule has 0 bridgehead atoms. The maximum atomic E-state index is 5.51. The fourth-order valence-corrected chi connectivity index (χ4v) is 2.54. The summed E-state index contributed by atoms with van der Waals surface area (Å²) in [4.78, 5) is 1.63. The highest BCUT2D eigenvalue weighted by Gasteiger charge is 2.19. The summed E-state index contributed by atoms with van der Waals surface area (Å²) < 4.78 is 10.9. The van der Waals surface area contributed by atoms with E-state index in [4.69, 9.17) is 9.47 Å². The second-order valence-electron chi connectivity index (χ2n) is 4.59. The number of quaternary nitrogens is 1. The zero-order chi connectivity index (χ0) is 10.8. The number of rotatable bonds is 2. The molecule has 3 rings (SSSR count). The van der Waals surface area contributed by atoms with Crippen LogP contribution in [0, 0.1) is 0 Å². The average Bonchev–Trinajstić information content (AvgIpc) is 2.80. The fourth-order valence-electron chi connectivity index (χ4n) is 2.54. The molecule has 2 heterocycles. The third kappa shape index (κ3) is 1.98. The van der Waals surface area contributed by atoms with Crippen molar-refractivity contribution in [2.24, 2.45) is 0 Å². The van der Waals surface area contributed by atoms with E-state index in [9.17, 15) is 0 Å². The van der Waals surface area contributed by atoms with Gasteiger partial charge in [0.05, 0.1) is 26.4 Å². The van der Waals surface area contributed by atoms with Crippen molar-refractivity contribution in [1.82, 2.24) is 0 Å². The molecule has 0 amide bonds. The molecule has 0 atom stereocenters. The van der Waals surface area contributed by atoms with Crippen LogP contribution in [-0.4, -0.2) is 26.3 Å². The number of fused-ring (bicyclic) bond motifs is 1. The van der Waals surface area contributed by atoms with E-state index in [0.717, 1.165) is 46.1 Å². The third-order valence-electron chi connectivity index (χ3n) is 3.51. The van der Waals surface area contributed by atoms with Crippen molar-refractivity contribution < 1.29 is 14.4 Å². The first-order valence-electron chi connectivity index (χ1n) is 6.02. The Kier molecular flexibility index (Phi) is 2.91. The zero-order valence-electron chi connectivity index (χ0n) is 9.50. The number of nitrogens with one attached hydrogen (secondary N) is 1. The molecule has 1 aromatic carbocycles. The van der Waals surface area contributed by atoms with Gasteiger partial charge in [-0.25, -0.2) is 0 Å². The van der Waals surface area contributed by atoms with Crippen molar-refractivity contribution in [3.05, 3.63) is 34.9 Å². The number of morpholine rings is 1. The average molecular weight is 220 g/mol. The highest BCUT2D eigenvalue weighted by Crippen LogP contribution is 2.22. The van der Waals surface area contributed by atoms with Crippen LogP contribution in [0.2, 0.25) is 0 Å². The lowest BCUT2D eigenvalue weighted by Crippen LogP contribution is -3.12. The normalized spacial score (nSPS) is 21.0. The smallest absolute Gasteiger partial charge is 0.103 e. The van der Waals surface area contributed by atoms with Crippen molar-refractivity contribution >= 4 is 0 Å². The molecule has 0 spiro atoms. The van der Waals surface area contributed by atoms with E-state index < -0.39 is 0 Å². The number of benzene rings is 1. The van der Waals surface area contributed by atoms with E-state index in [0.29, 0.717) is 0 Å². The van der Waals surface area contributed by atoms with Crippen LogP contribution in [0.4, 0.5) is 0 Å². The topological polar surface area (TPSA) is 22.9 Å². The summed E-state index contributed by atoms with van der Waals surface area (Å²) in [5, 5.41) is 0. The number of hydrogen-bond donors (Lipinski definition) is 1. The van der Waals surface area contributed by atoms with E-state index >= 15 is 0 Å². The molecule has 3 heteroatoms. The third-order valence-corrected chi connectivity index (χ3v) is 3.51. The molecule has 3 nitrogen and oxygen atoms in total. The van der Waals surface area contributed by atoms with Gasteiger partial charge in [0.2, 0.25) is 0 Å². The van der Waals surface area contributed by atoms with Crippen LogP contribution in [0.5, 0.6) is 0 Å². The van der Waals surface area contributed by atoms with Crippen LogP contribution >= 0.6 is 0 Å². The van der Waals surface area contributed by atoms with Gasteiger partial charge < -0.3 is 14.4 Å². The summed E-state index contributed by atoms with van der Waals surface area (Å²) in [5.74, 6) is 0. The van der Waals surface area contributed by atoms with Gasteiger partial charge in [-0.05, 0) is 11.1 Å². The van der Waals surface area contributed by atoms with Gasteiger partial charge in [0, 0.05) is 5.56 Å². The first kappa shape index (κ1) is 10.3. The van der Waals surface area contributed by atoms with E-state index in [1.807, 2.05) is 0 Å².